The van der Waals surface area contributed by atoms with Crippen molar-refractivity contribution in [1.29, 1.82) is 0 Å². The molecule has 2 aliphatic heterocycles. The van der Waals surface area contributed by atoms with Crippen molar-refractivity contribution in [3.05, 3.63) is 35.4 Å². The van der Waals surface area contributed by atoms with Gasteiger partial charge in [-0.25, -0.2) is 4.99 Å². The van der Waals surface area contributed by atoms with Crippen LogP contribution in [0.2, 0.25) is 0 Å². The number of hydrogen-bond acceptors (Lipinski definition) is 4. The van der Waals surface area contributed by atoms with Crippen LogP contribution >= 0.6 is 0 Å². The summed E-state index contributed by atoms with van der Waals surface area (Å²) in [7, 11) is 3.49. The van der Waals surface area contributed by atoms with Gasteiger partial charge in [0.25, 0.3) is 11.8 Å². The molecule has 3 rings (SSSR count). The Kier molecular flexibility index (Phi) is 7.68. The van der Waals surface area contributed by atoms with E-state index in [0.29, 0.717) is 31.8 Å². The van der Waals surface area contributed by atoms with E-state index in [1.165, 1.54) is 0 Å². The minimum absolute atomic E-state index is 0.00573. The Morgan fingerprint density at radius 2 is 1.80 bits per heavy atom. The first kappa shape index (κ1) is 22.1. The van der Waals surface area contributed by atoms with Gasteiger partial charge in [0.1, 0.15) is 6.10 Å². The molecule has 2 saturated heterocycles. The zero-order valence-corrected chi connectivity index (χ0v) is 18.3. The van der Waals surface area contributed by atoms with Crippen molar-refractivity contribution in [1.82, 2.24) is 20.0 Å². The minimum Gasteiger partial charge on any atom is -0.368 e. The van der Waals surface area contributed by atoms with Crippen LogP contribution in [0.4, 0.5) is 0 Å². The molecule has 1 aromatic carbocycles. The summed E-state index contributed by atoms with van der Waals surface area (Å²) in [6.07, 6.45) is 1.56. The van der Waals surface area contributed by atoms with Crippen molar-refractivity contribution >= 4 is 17.8 Å². The molecule has 1 unspecified atom stereocenters. The maximum atomic E-state index is 12.5. The van der Waals surface area contributed by atoms with Gasteiger partial charge in [-0.05, 0) is 37.5 Å². The highest BCUT2D eigenvalue weighted by molar-refractivity contribution is 5.93. The number of rotatable bonds is 5. The fourth-order valence-electron chi connectivity index (χ4n) is 3.72. The Balaban J connectivity index is 1.57. The van der Waals surface area contributed by atoms with Crippen LogP contribution in [-0.4, -0.2) is 92.0 Å². The van der Waals surface area contributed by atoms with E-state index in [9.17, 15) is 9.59 Å². The molecule has 0 bridgehead atoms. The third-order valence-electron chi connectivity index (χ3n) is 5.45. The number of nitrogens with one attached hydrogen (secondary N) is 1. The van der Waals surface area contributed by atoms with E-state index < -0.39 is 0 Å². The Morgan fingerprint density at radius 3 is 2.37 bits per heavy atom. The van der Waals surface area contributed by atoms with E-state index in [2.05, 4.69) is 10.2 Å². The van der Waals surface area contributed by atoms with E-state index in [-0.39, 0.29) is 17.9 Å². The van der Waals surface area contributed by atoms with Gasteiger partial charge >= 0.3 is 0 Å². The summed E-state index contributed by atoms with van der Waals surface area (Å²) in [5.41, 5.74) is 1.72. The number of carbonyl (C=O) groups is 2. The molecule has 0 spiro atoms. The zero-order chi connectivity index (χ0) is 21.5. The SMILES string of the molecule is CCNC(=NCc1ccc(C(=O)N(C)C)cc1)N1CCN(C(=O)C2CCCO2)CC1. The third kappa shape index (κ3) is 5.50. The van der Waals surface area contributed by atoms with Crippen LogP contribution in [0.1, 0.15) is 35.7 Å². The maximum absolute atomic E-state index is 12.5. The molecule has 30 heavy (non-hydrogen) atoms. The number of nitrogens with zero attached hydrogens (tertiary/aromatic N) is 4. The van der Waals surface area contributed by atoms with Gasteiger partial charge < -0.3 is 24.8 Å². The average molecular weight is 416 g/mol. The van der Waals surface area contributed by atoms with Crippen LogP contribution < -0.4 is 5.32 Å². The highest BCUT2D eigenvalue weighted by Crippen LogP contribution is 2.16. The highest BCUT2D eigenvalue weighted by Gasteiger charge is 2.30. The second kappa shape index (κ2) is 10.4. The summed E-state index contributed by atoms with van der Waals surface area (Å²) in [6, 6.07) is 7.58. The fraction of sp³-hybridized carbons (Fsp3) is 0.591. The molecular weight excluding hydrogens is 382 g/mol. The van der Waals surface area contributed by atoms with Gasteiger partial charge in [0.15, 0.2) is 5.96 Å². The molecule has 0 aliphatic carbocycles. The summed E-state index contributed by atoms with van der Waals surface area (Å²) >= 11 is 0. The standard InChI is InChI=1S/C22H33N5O3/c1-4-23-22(24-16-17-7-9-18(10-8-17)20(28)25(2)3)27-13-11-26(12-14-27)21(29)19-6-5-15-30-19/h7-10,19H,4-6,11-16H2,1-3H3,(H,23,24). The lowest BCUT2D eigenvalue weighted by molar-refractivity contribution is -0.142. The molecule has 8 heteroatoms. The first-order chi connectivity index (χ1) is 14.5. The van der Waals surface area contributed by atoms with E-state index >= 15 is 0 Å². The summed E-state index contributed by atoms with van der Waals surface area (Å²) in [5, 5.41) is 3.35. The van der Waals surface area contributed by atoms with Gasteiger partial charge in [0, 0.05) is 59.0 Å². The van der Waals surface area contributed by atoms with Crippen LogP contribution in [0.3, 0.4) is 0 Å². The van der Waals surface area contributed by atoms with E-state index in [1.54, 1.807) is 19.0 Å². The number of ether oxygens (including phenoxy) is 1. The lowest BCUT2D eigenvalue weighted by Gasteiger charge is -2.37. The van der Waals surface area contributed by atoms with Crippen molar-refractivity contribution < 1.29 is 14.3 Å². The average Bonchev–Trinajstić information content (AvgIpc) is 3.31. The number of carbonyl (C=O) groups excluding carboxylic acids is 2. The lowest BCUT2D eigenvalue weighted by atomic mass is 10.1. The number of aliphatic imine (C=N–C) groups is 1. The fourth-order valence-corrected chi connectivity index (χ4v) is 3.72. The number of guanidine groups is 1. The smallest absolute Gasteiger partial charge is 0.253 e. The Morgan fingerprint density at radius 1 is 1.13 bits per heavy atom. The van der Waals surface area contributed by atoms with E-state index in [1.807, 2.05) is 36.1 Å². The van der Waals surface area contributed by atoms with Crippen molar-refractivity contribution in [2.45, 2.75) is 32.4 Å². The van der Waals surface area contributed by atoms with Gasteiger partial charge in [-0.2, -0.15) is 0 Å². The number of piperazine rings is 1. The van der Waals surface area contributed by atoms with Crippen LogP contribution in [0.5, 0.6) is 0 Å². The van der Waals surface area contributed by atoms with Crippen molar-refractivity contribution in [2.75, 3.05) is 53.4 Å². The largest absolute Gasteiger partial charge is 0.368 e. The molecule has 8 nitrogen and oxygen atoms in total. The molecule has 2 heterocycles. The topological polar surface area (TPSA) is 77.5 Å². The van der Waals surface area contributed by atoms with Gasteiger partial charge in [0.2, 0.25) is 0 Å². The molecule has 2 fully saturated rings. The lowest BCUT2D eigenvalue weighted by Crippen LogP contribution is -2.55. The van der Waals surface area contributed by atoms with Gasteiger partial charge in [-0.3, -0.25) is 9.59 Å². The number of amides is 2. The molecule has 2 aliphatic rings. The van der Waals surface area contributed by atoms with Crippen LogP contribution in [0.25, 0.3) is 0 Å². The van der Waals surface area contributed by atoms with Gasteiger partial charge in [0.05, 0.1) is 6.54 Å². The maximum Gasteiger partial charge on any atom is 0.253 e. The zero-order valence-electron chi connectivity index (χ0n) is 18.3. The van der Waals surface area contributed by atoms with Crippen molar-refractivity contribution in [3.8, 4) is 0 Å². The van der Waals surface area contributed by atoms with Crippen LogP contribution in [-0.2, 0) is 16.1 Å². The van der Waals surface area contributed by atoms with E-state index in [4.69, 9.17) is 9.73 Å². The second-order valence-corrected chi connectivity index (χ2v) is 7.88. The summed E-state index contributed by atoms with van der Waals surface area (Å²) in [4.78, 5) is 35.0. The van der Waals surface area contributed by atoms with E-state index in [0.717, 1.165) is 44.0 Å². The first-order valence-electron chi connectivity index (χ1n) is 10.7. The van der Waals surface area contributed by atoms with Crippen molar-refractivity contribution in [3.63, 3.8) is 0 Å². The quantitative estimate of drug-likeness (QED) is 0.577. The van der Waals surface area contributed by atoms with Crippen LogP contribution in [0.15, 0.2) is 29.3 Å². The summed E-state index contributed by atoms with van der Waals surface area (Å²) < 4.78 is 5.54. The molecule has 1 aromatic rings. The molecule has 164 valence electrons. The molecule has 1 N–H and O–H groups in total. The van der Waals surface area contributed by atoms with Gasteiger partial charge in [-0.15, -0.1) is 0 Å². The summed E-state index contributed by atoms with van der Waals surface area (Å²) in [6.45, 7) is 6.93. The Labute approximate surface area is 178 Å². The van der Waals surface area contributed by atoms with Gasteiger partial charge in [-0.1, -0.05) is 12.1 Å². The Bertz CT molecular complexity index is 749. The first-order valence-corrected chi connectivity index (χ1v) is 10.7. The summed E-state index contributed by atoms with van der Waals surface area (Å²) in [5.74, 6) is 0.977. The van der Waals surface area contributed by atoms with Crippen LogP contribution in [0, 0.1) is 0 Å². The predicted octanol–water partition coefficient (Wildman–Crippen LogP) is 1.18. The molecule has 0 radical (unpaired) electrons. The minimum atomic E-state index is -0.249. The molecular formula is C22H33N5O3. The predicted molar refractivity (Wildman–Crippen MR) is 116 cm³/mol. The highest BCUT2D eigenvalue weighted by atomic mass is 16.5. The van der Waals surface area contributed by atoms with Crippen molar-refractivity contribution in [2.24, 2.45) is 4.99 Å². The third-order valence-corrected chi connectivity index (χ3v) is 5.45. The Hall–Kier alpha value is -2.61. The second-order valence-electron chi connectivity index (χ2n) is 7.88. The molecule has 0 aromatic heterocycles. The number of benzene rings is 1. The molecule has 2 amide bonds. The molecule has 1 atom stereocenters. The normalized spacial score (nSPS) is 19.7. The molecule has 0 saturated carbocycles. The monoisotopic (exact) mass is 415 g/mol. The number of hydrogen-bond donors (Lipinski definition) is 1.